The number of carboxylic acid groups (broad SMARTS) is 1. The second kappa shape index (κ2) is 15.8. The Morgan fingerprint density at radius 2 is 2.07 bits per heavy atom. The van der Waals surface area contributed by atoms with Crippen molar-refractivity contribution in [3.63, 3.8) is 0 Å². The first-order chi connectivity index (χ1) is 19.6. The number of aromatic nitrogens is 3. The van der Waals surface area contributed by atoms with Gasteiger partial charge < -0.3 is 25.4 Å². The molecule has 2 aromatic heterocycles. The first kappa shape index (κ1) is 32.4. The Hall–Kier alpha value is -3.12. The minimum Gasteiger partial charge on any atom is -0.480 e. The molecule has 3 N–H and O–H groups in total. The van der Waals surface area contributed by atoms with Gasteiger partial charge in [-0.05, 0) is 70.0 Å². The van der Waals surface area contributed by atoms with Crippen LogP contribution in [0.25, 0.3) is 5.70 Å². The van der Waals surface area contributed by atoms with E-state index in [9.17, 15) is 23.1 Å². The number of fused-ring (bicyclic) bond motifs is 1. The van der Waals surface area contributed by atoms with Crippen LogP contribution in [-0.4, -0.2) is 76.2 Å². The van der Waals surface area contributed by atoms with Crippen LogP contribution in [0.5, 0.6) is 0 Å². The minimum absolute atomic E-state index is 0.119. The van der Waals surface area contributed by atoms with Crippen LogP contribution in [0.2, 0.25) is 0 Å². The molecule has 0 fully saturated rings. The number of ether oxygens (including phenoxy) is 1. The molecule has 0 spiro atoms. The number of alkyl halides is 3. The van der Waals surface area contributed by atoms with Crippen LogP contribution in [0.4, 0.5) is 19.0 Å². The first-order valence-corrected chi connectivity index (χ1v) is 14.5. The van der Waals surface area contributed by atoms with Crippen molar-refractivity contribution in [1.82, 2.24) is 25.0 Å². The van der Waals surface area contributed by atoms with Crippen LogP contribution in [0, 0.1) is 0 Å². The van der Waals surface area contributed by atoms with Gasteiger partial charge in [-0.15, -0.1) is 0 Å². The fourth-order valence-corrected chi connectivity index (χ4v) is 4.93. The van der Waals surface area contributed by atoms with E-state index in [0.29, 0.717) is 32.7 Å². The van der Waals surface area contributed by atoms with Crippen LogP contribution < -0.4 is 10.6 Å². The van der Waals surface area contributed by atoms with E-state index in [2.05, 4.69) is 32.8 Å². The van der Waals surface area contributed by atoms with Gasteiger partial charge in [0.15, 0.2) is 5.69 Å². The smallest absolute Gasteiger partial charge is 0.435 e. The number of carbonyl (C=O) groups is 1. The fraction of sp³-hybridized carbons (Fsp3) is 0.621. The van der Waals surface area contributed by atoms with Crippen LogP contribution >= 0.6 is 0 Å². The van der Waals surface area contributed by atoms with Gasteiger partial charge in [0.25, 0.3) is 0 Å². The quantitative estimate of drug-likeness (QED) is 0.231. The van der Waals surface area contributed by atoms with E-state index < -0.39 is 23.9 Å². The van der Waals surface area contributed by atoms with Crippen molar-refractivity contribution in [1.29, 1.82) is 0 Å². The zero-order valence-corrected chi connectivity index (χ0v) is 24.3. The second-order valence-corrected chi connectivity index (χ2v) is 10.2. The first-order valence-electron chi connectivity index (χ1n) is 14.5. The van der Waals surface area contributed by atoms with Crippen molar-refractivity contribution < 1.29 is 27.8 Å². The molecule has 1 aliphatic heterocycles. The van der Waals surface area contributed by atoms with Gasteiger partial charge in [-0.1, -0.05) is 19.1 Å². The Labute approximate surface area is 240 Å². The summed E-state index contributed by atoms with van der Waals surface area (Å²) in [4.78, 5) is 19.1. The number of rotatable bonds is 17. The Morgan fingerprint density at radius 1 is 1.27 bits per heavy atom. The lowest BCUT2D eigenvalue weighted by Gasteiger charge is -2.25. The number of hydrogen-bond acceptors (Lipinski definition) is 7. The van der Waals surface area contributed by atoms with Gasteiger partial charge >= 0.3 is 12.1 Å². The normalized spacial score (nSPS) is 14.6. The molecule has 1 unspecified atom stereocenters. The van der Waals surface area contributed by atoms with Crippen molar-refractivity contribution in [3.05, 3.63) is 46.9 Å². The van der Waals surface area contributed by atoms with E-state index in [1.807, 2.05) is 6.92 Å². The highest BCUT2D eigenvalue weighted by molar-refractivity contribution is 5.77. The molecule has 0 amide bonds. The van der Waals surface area contributed by atoms with Crippen molar-refractivity contribution in [2.24, 2.45) is 7.05 Å². The van der Waals surface area contributed by atoms with E-state index in [0.717, 1.165) is 61.4 Å². The van der Waals surface area contributed by atoms with Gasteiger partial charge in [-0.3, -0.25) is 4.68 Å². The number of hydrogen-bond donors (Lipinski definition) is 3. The largest absolute Gasteiger partial charge is 0.480 e. The van der Waals surface area contributed by atoms with Crippen LogP contribution in [0.3, 0.4) is 0 Å². The maximum Gasteiger partial charge on any atom is 0.435 e. The standard InChI is InChI=1S/C29H43F3N6O3/c1-4-9-24(23-20-37(3)36-26(23)29(30,31)32)35-25(28(39)40)14-17-38(18-19-41-5-2)16-7-6-11-22-13-12-21-10-8-15-33-27(21)34-22/h9,12-13,20,25,35H,4-8,10-11,14-19H2,1-3H3,(H,33,34)(H,39,40)/b24-9+. The Morgan fingerprint density at radius 3 is 2.78 bits per heavy atom. The molecule has 41 heavy (non-hydrogen) atoms. The number of carboxylic acids is 1. The molecule has 3 rings (SSSR count). The molecular formula is C29H43F3N6O3. The summed E-state index contributed by atoms with van der Waals surface area (Å²) in [5.74, 6) is -0.134. The molecule has 0 aliphatic carbocycles. The van der Waals surface area contributed by atoms with E-state index in [-0.39, 0.29) is 17.7 Å². The van der Waals surface area contributed by atoms with Gasteiger partial charge in [-0.2, -0.15) is 18.3 Å². The number of allylic oxidation sites excluding steroid dienone is 1. The number of aliphatic carboxylic acids is 1. The predicted octanol–water partition coefficient (Wildman–Crippen LogP) is 4.74. The molecule has 2 aromatic rings. The lowest BCUT2D eigenvalue weighted by molar-refractivity contribution is -0.141. The van der Waals surface area contributed by atoms with Gasteiger partial charge in [-0.25, -0.2) is 9.78 Å². The molecule has 3 heterocycles. The van der Waals surface area contributed by atoms with Crippen molar-refractivity contribution in [2.45, 2.75) is 71.0 Å². The summed E-state index contributed by atoms with van der Waals surface area (Å²) in [6, 6.07) is 3.17. The Balaban J connectivity index is 1.60. The number of nitrogens with one attached hydrogen (secondary N) is 2. The minimum atomic E-state index is -4.66. The van der Waals surface area contributed by atoms with Crippen LogP contribution in [0.1, 0.15) is 68.5 Å². The summed E-state index contributed by atoms with van der Waals surface area (Å²) in [6.07, 6.45) is 3.67. The van der Waals surface area contributed by atoms with Crippen molar-refractivity contribution >= 4 is 17.5 Å². The third-order valence-electron chi connectivity index (χ3n) is 7.02. The lowest BCUT2D eigenvalue weighted by atomic mass is 10.1. The fourth-order valence-electron chi connectivity index (χ4n) is 4.93. The van der Waals surface area contributed by atoms with Crippen LogP contribution in [-0.2, 0) is 35.6 Å². The molecule has 0 bridgehead atoms. The number of nitrogens with zero attached hydrogens (tertiary/aromatic N) is 4. The summed E-state index contributed by atoms with van der Waals surface area (Å²) < 4.78 is 47.5. The maximum atomic E-state index is 13.6. The summed E-state index contributed by atoms with van der Waals surface area (Å²) in [6.45, 7) is 7.61. The zero-order valence-electron chi connectivity index (χ0n) is 24.3. The van der Waals surface area contributed by atoms with E-state index in [1.165, 1.54) is 18.8 Å². The van der Waals surface area contributed by atoms with Gasteiger partial charge in [0, 0.05) is 56.4 Å². The van der Waals surface area contributed by atoms with Gasteiger partial charge in [0.1, 0.15) is 11.9 Å². The van der Waals surface area contributed by atoms with E-state index >= 15 is 0 Å². The van der Waals surface area contributed by atoms with Crippen LogP contribution in [0.15, 0.2) is 24.4 Å². The summed E-state index contributed by atoms with van der Waals surface area (Å²) in [5.41, 5.74) is 1.23. The highest BCUT2D eigenvalue weighted by Gasteiger charge is 2.38. The molecule has 0 saturated carbocycles. The molecule has 0 aromatic carbocycles. The lowest BCUT2D eigenvalue weighted by Crippen LogP contribution is -2.40. The molecular weight excluding hydrogens is 537 g/mol. The van der Waals surface area contributed by atoms with Crippen molar-refractivity contribution in [2.75, 3.05) is 44.7 Å². The van der Waals surface area contributed by atoms with Gasteiger partial charge in [0.2, 0.25) is 0 Å². The van der Waals surface area contributed by atoms with Crippen molar-refractivity contribution in [3.8, 4) is 0 Å². The van der Waals surface area contributed by atoms with E-state index in [4.69, 9.17) is 9.72 Å². The SMILES string of the molecule is CC/C=C(/NC(CCN(CCCCc1ccc2c(n1)NCCC2)CCOCC)C(=O)O)c1cn(C)nc1C(F)(F)F. The average molecular weight is 581 g/mol. The Kier molecular flexibility index (Phi) is 12.5. The predicted molar refractivity (Wildman–Crippen MR) is 153 cm³/mol. The Bertz CT molecular complexity index is 1150. The highest BCUT2D eigenvalue weighted by Crippen LogP contribution is 2.33. The number of halogens is 3. The summed E-state index contributed by atoms with van der Waals surface area (Å²) in [7, 11) is 1.41. The number of pyridine rings is 1. The number of anilines is 1. The zero-order chi connectivity index (χ0) is 29.8. The molecule has 9 nitrogen and oxygen atoms in total. The molecule has 0 saturated heterocycles. The molecule has 228 valence electrons. The van der Waals surface area contributed by atoms with E-state index in [1.54, 1.807) is 13.0 Å². The monoisotopic (exact) mass is 580 g/mol. The summed E-state index contributed by atoms with van der Waals surface area (Å²) >= 11 is 0. The highest BCUT2D eigenvalue weighted by atomic mass is 19.4. The van der Waals surface area contributed by atoms with Gasteiger partial charge in [0.05, 0.1) is 6.61 Å². The molecule has 1 aliphatic rings. The number of unbranched alkanes of at least 4 members (excludes halogenated alkanes) is 1. The topological polar surface area (TPSA) is 105 Å². The molecule has 0 radical (unpaired) electrons. The second-order valence-electron chi connectivity index (χ2n) is 10.2. The maximum absolute atomic E-state index is 13.6. The average Bonchev–Trinajstić information content (AvgIpc) is 3.34. The summed E-state index contributed by atoms with van der Waals surface area (Å²) in [5, 5.41) is 19.7. The third kappa shape index (κ3) is 10.0. The number of aryl methyl sites for hydroxylation is 3. The molecule has 12 heteroatoms. The molecule has 1 atom stereocenters. The third-order valence-corrected chi connectivity index (χ3v) is 7.02.